The number of thioether (sulfide) groups is 1. The van der Waals surface area contributed by atoms with Gasteiger partial charge in [-0.2, -0.15) is 11.8 Å². The molecule has 0 aromatic rings. The van der Waals surface area contributed by atoms with Gasteiger partial charge in [-0.25, -0.2) is 0 Å². The lowest BCUT2D eigenvalue weighted by atomic mass is 10.3. The van der Waals surface area contributed by atoms with Crippen LogP contribution in [0.4, 0.5) is 0 Å². The molecular formula is C13H24N2OS. The largest absolute Gasteiger partial charge is 0.327 e. The van der Waals surface area contributed by atoms with Crippen LogP contribution in [0.3, 0.4) is 0 Å². The standard InChI is InChI=1S/C13H24N2OS/c1-3-11(14)9-17-10-13(16)15(4-2)12-7-5-6-8-12/h7,11H,3-6,8-10,14H2,1-2H3. The summed E-state index contributed by atoms with van der Waals surface area (Å²) < 4.78 is 0. The number of nitrogens with two attached hydrogens (primary N) is 1. The molecule has 4 heteroatoms. The van der Waals surface area contributed by atoms with Crippen molar-refractivity contribution in [1.29, 1.82) is 0 Å². The van der Waals surface area contributed by atoms with E-state index in [-0.39, 0.29) is 11.9 Å². The molecule has 1 atom stereocenters. The second-order valence-electron chi connectivity index (χ2n) is 4.41. The number of rotatable bonds is 7. The van der Waals surface area contributed by atoms with Crippen molar-refractivity contribution < 1.29 is 4.79 Å². The molecule has 0 saturated heterocycles. The number of carbonyl (C=O) groups is 1. The second kappa shape index (κ2) is 7.77. The molecule has 0 radical (unpaired) electrons. The van der Waals surface area contributed by atoms with Gasteiger partial charge in [0, 0.05) is 24.0 Å². The van der Waals surface area contributed by atoms with Crippen molar-refractivity contribution in [3.05, 3.63) is 11.8 Å². The van der Waals surface area contributed by atoms with Gasteiger partial charge in [0.25, 0.3) is 0 Å². The summed E-state index contributed by atoms with van der Waals surface area (Å²) in [5.41, 5.74) is 7.05. The smallest absolute Gasteiger partial charge is 0.236 e. The van der Waals surface area contributed by atoms with E-state index in [4.69, 9.17) is 5.73 Å². The van der Waals surface area contributed by atoms with Crippen molar-refractivity contribution in [2.75, 3.05) is 18.1 Å². The third kappa shape index (κ3) is 4.72. The van der Waals surface area contributed by atoms with E-state index in [9.17, 15) is 4.79 Å². The normalized spacial score (nSPS) is 16.8. The molecule has 0 fully saturated rings. The molecular weight excluding hydrogens is 232 g/mol. The molecule has 17 heavy (non-hydrogen) atoms. The average molecular weight is 256 g/mol. The Labute approximate surface area is 109 Å². The van der Waals surface area contributed by atoms with Crippen LogP contribution in [0, 0.1) is 0 Å². The summed E-state index contributed by atoms with van der Waals surface area (Å²) in [6, 6.07) is 0.216. The highest BCUT2D eigenvalue weighted by atomic mass is 32.2. The third-order valence-corrected chi connectivity index (χ3v) is 4.18. The van der Waals surface area contributed by atoms with E-state index in [0.717, 1.165) is 31.6 Å². The Morgan fingerprint density at radius 3 is 2.88 bits per heavy atom. The zero-order valence-electron chi connectivity index (χ0n) is 10.9. The summed E-state index contributed by atoms with van der Waals surface area (Å²) in [5, 5.41) is 0. The summed E-state index contributed by atoms with van der Waals surface area (Å²) in [7, 11) is 0. The average Bonchev–Trinajstić information content (AvgIpc) is 2.83. The lowest BCUT2D eigenvalue weighted by Crippen LogP contribution is -2.32. The Bertz CT molecular complexity index is 279. The molecule has 1 amide bonds. The lowest BCUT2D eigenvalue weighted by Gasteiger charge is -2.22. The molecule has 0 saturated carbocycles. The SMILES string of the molecule is CCC(N)CSCC(=O)N(CC)C1=CCCC1. The molecule has 0 aromatic carbocycles. The molecule has 0 bridgehead atoms. The summed E-state index contributed by atoms with van der Waals surface area (Å²) in [4.78, 5) is 14.0. The number of hydrogen-bond acceptors (Lipinski definition) is 3. The first-order valence-electron chi connectivity index (χ1n) is 6.51. The molecule has 1 unspecified atom stereocenters. The van der Waals surface area contributed by atoms with Crippen LogP contribution in [0.2, 0.25) is 0 Å². The molecule has 2 N–H and O–H groups in total. The minimum absolute atomic E-state index is 0.216. The predicted octanol–water partition coefficient (Wildman–Crippen LogP) is 2.37. The Morgan fingerprint density at radius 2 is 2.35 bits per heavy atom. The van der Waals surface area contributed by atoms with Crippen LogP contribution >= 0.6 is 11.8 Å². The summed E-state index contributed by atoms with van der Waals surface area (Å²) in [5.74, 6) is 1.66. The third-order valence-electron chi connectivity index (χ3n) is 3.06. The van der Waals surface area contributed by atoms with Gasteiger partial charge >= 0.3 is 0 Å². The van der Waals surface area contributed by atoms with E-state index in [1.165, 1.54) is 12.1 Å². The Kier molecular flexibility index (Phi) is 6.66. The van der Waals surface area contributed by atoms with Crippen molar-refractivity contribution in [3.63, 3.8) is 0 Å². The maximum atomic E-state index is 12.1. The molecule has 0 spiro atoms. The summed E-state index contributed by atoms with van der Waals surface area (Å²) in [6.45, 7) is 4.90. The van der Waals surface area contributed by atoms with Gasteiger partial charge in [-0.3, -0.25) is 4.79 Å². The number of carbonyl (C=O) groups excluding carboxylic acids is 1. The molecule has 98 valence electrons. The van der Waals surface area contributed by atoms with Gasteiger partial charge in [0.2, 0.25) is 5.91 Å². The first-order chi connectivity index (χ1) is 8.19. The van der Waals surface area contributed by atoms with Crippen molar-refractivity contribution in [2.24, 2.45) is 5.73 Å². The van der Waals surface area contributed by atoms with Crippen LogP contribution in [-0.4, -0.2) is 34.9 Å². The Hall–Kier alpha value is -0.480. The van der Waals surface area contributed by atoms with E-state index in [1.807, 2.05) is 11.8 Å². The van der Waals surface area contributed by atoms with E-state index in [0.29, 0.717) is 5.75 Å². The fourth-order valence-corrected chi connectivity index (χ4v) is 2.92. The van der Waals surface area contributed by atoms with Crippen LogP contribution in [0.1, 0.15) is 39.5 Å². The minimum atomic E-state index is 0.216. The zero-order chi connectivity index (χ0) is 12.7. The van der Waals surface area contributed by atoms with E-state index in [1.54, 1.807) is 11.8 Å². The van der Waals surface area contributed by atoms with Crippen LogP contribution in [0.5, 0.6) is 0 Å². The Morgan fingerprint density at radius 1 is 1.59 bits per heavy atom. The fraction of sp³-hybridized carbons (Fsp3) is 0.769. The number of amides is 1. The van der Waals surface area contributed by atoms with Gasteiger partial charge in [-0.05, 0) is 32.6 Å². The first-order valence-corrected chi connectivity index (χ1v) is 7.67. The quantitative estimate of drug-likeness (QED) is 0.760. The lowest BCUT2D eigenvalue weighted by molar-refractivity contribution is -0.126. The van der Waals surface area contributed by atoms with Crippen LogP contribution < -0.4 is 5.73 Å². The number of nitrogens with zero attached hydrogens (tertiary/aromatic N) is 1. The molecule has 0 aromatic heterocycles. The van der Waals surface area contributed by atoms with Gasteiger partial charge in [-0.1, -0.05) is 13.0 Å². The van der Waals surface area contributed by atoms with Gasteiger partial charge < -0.3 is 10.6 Å². The Balaban J connectivity index is 2.34. The maximum Gasteiger partial charge on any atom is 0.236 e. The number of allylic oxidation sites excluding steroid dienone is 2. The molecule has 3 nitrogen and oxygen atoms in total. The van der Waals surface area contributed by atoms with Crippen molar-refractivity contribution in [2.45, 2.75) is 45.6 Å². The van der Waals surface area contributed by atoms with Crippen molar-refractivity contribution in [1.82, 2.24) is 4.90 Å². The van der Waals surface area contributed by atoms with Crippen molar-refractivity contribution in [3.8, 4) is 0 Å². The summed E-state index contributed by atoms with van der Waals surface area (Å²) >= 11 is 1.65. The molecule has 0 aliphatic heterocycles. The first kappa shape index (κ1) is 14.6. The highest BCUT2D eigenvalue weighted by molar-refractivity contribution is 7.99. The molecule has 1 aliphatic rings. The van der Waals surface area contributed by atoms with Gasteiger partial charge in [0.1, 0.15) is 0 Å². The highest BCUT2D eigenvalue weighted by Crippen LogP contribution is 2.22. The van der Waals surface area contributed by atoms with Crippen LogP contribution in [0.25, 0.3) is 0 Å². The monoisotopic (exact) mass is 256 g/mol. The minimum Gasteiger partial charge on any atom is -0.327 e. The zero-order valence-corrected chi connectivity index (χ0v) is 11.8. The van der Waals surface area contributed by atoms with Gasteiger partial charge in [-0.15, -0.1) is 0 Å². The van der Waals surface area contributed by atoms with Gasteiger partial charge in [0.15, 0.2) is 0 Å². The van der Waals surface area contributed by atoms with Gasteiger partial charge in [0.05, 0.1) is 5.75 Å². The fourth-order valence-electron chi connectivity index (χ4n) is 1.93. The number of hydrogen-bond donors (Lipinski definition) is 1. The molecule has 0 heterocycles. The van der Waals surface area contributed by atoms with Crippen LogP contribution in [-0.2, 0) is 4.79 Å². The predicted molar refractivity (Wildman–Crippen MR) is 74.9 cm³/mol. The summed E-state index contributed by atoms with van der Waals surface area (Å²) in [6.07, 6.45) is 6.53. The van der Waals surface area contributed by atoms with Crippen LogP contribution in [0.15, 0.2) is 11.8 Å². The van der Waals surface area contributed by atoms with E-state index < -0.39 is 0 Å². The van der Waals surface area contributed by atoms with E-state index in [2.05, 4.69) is 13.0 Å². The molecule has 1 rings (SSSR count). The molecule has 1 aliphatic carbocycles. The van der Waals surface area contributed by atoms with Crippen molar-refractivity contribution >= 4 is 17.7 Å². The van der Waals surface area contributed by atoms with E-state index >= 15 is 0 Å². The topological polar surface area (TPSA) is 46.3 Å². The highest BCUT2D eigenvalue weighted by Gasteiger charge is 2.18. The second-order valence-corrected chi connectivity index (χ2v) is 5.44. The maximum absolute atomic E-state index is 12.1.